The molecule has 0 saturated carbocycles. The SMILES string of the molecule is COc1ccc(NCC(=O)N(C)C)cc1. The molecule has 1 amide bonds. The van der Waals surface area contributed by atoms with Gasteiger partial charge in [-0.3, -0.25) is 4.79 Å². The van der Waals surface area contributed by atoms with Gasteiger partial charge < -0.3 is 15.0 Å². The second kappa shape index (κ2) is 5.24. The number of anilines is 1. The Morgan fingerprint density at radius 2 is 1.93 bits per heavy atom. The van der Waals surface area contributed by atoms with E-state index >= 15 is 0 Å². The van der Waals surface area contributed by atoms with E-state index in [1.165, 1.54) is 0 Å². The molecule has 0 heterocycles. The topological polar surface area (TPSA) is 41.6 Å². The zero-order valence-corrected chi connectivity index (χ0v) is 9.28. The van der Waals surface area contributed by atoms with Gasteiger partial charge in [0.1, 0.15) is 5.75 Å². The van der Waals surface area contributed by atoms with E-state index in [1.807, 2.05) is 24.3 Å². The van der Waals surface area contributed by atoms with Crippen molar-refractivity contribution in [2.75, 3.05) is 33.1 Å². The number of likely N-dealkylation sites (N-methyl/N-ethyl adjacent to an activating group) is 1. The Morgan fingerprint density at radius 3 is 2.40 bits per heavy atom. The van der Waals surface area contributed by atoms with E-state index in [9.17, 15) is 4.79 Å². The molecular weight excluding hydrogens is 192 g/mol. The minimum Gasteiger partial charge on any atom is -0.497 e. The maximum absolute atomic E-state index is 11.3. The van der Waals surface area contributed by atoms with Gasteiger partial charge in [-0.1, -0.05) is 0 Å². The summed E-state index contributed by atoms with van der Waals surface area (Å²) in [5.41, 5.74) is 0.908. The Hall–Kier alpha value is -1.71. The van der Waals surface area contributed by atoms with Crippen LogP contribution in [-0.2, 0) is 4.79 Å². The van der Waals surface area contributed by atoms with Gasteiger partial charge in [0.25, 0.3) is 0 Å². The van der Waals surface area contributed by atoms with Crippen molar-refractivity contribution in [1.29, 1.82) is 0 Å². The van der Waals surface area contributed by atoms with Crippen LogP contribution in [0.15, 0.2) is 24.3 Å². The molecule has 4 heteroatoms. The van der Waals surface area contributed by atoms with Crippen LogP contribution in [0.2, 0.25) is 0 Å². The van der Waals surface area contributed by atoms with Gasteiger partial charge in [-0.05, 0) is 24.3 Å². The molecule has 1 rings (SSSR count). The first-order chi connectivity index (χ1) is 7.13. The summed E-state index contributed by atoms with van der Waals surface area (Å²) in [4.78, 5) is 12.8. The fraction of sp³-hybridized carbons (Fsp3) is 0.364. The second-order valence-corrected chi connectivity index (χ2v) is 3.37. The largest absolute Gasteiger partial charge is 0.497 e. The Morgan fingerprint density at radius 1 is 1.33 bits per heavy atom. The lowest BCUT2D eigenvalue weighted by Crippen LogP contribution is -2.28. The molecule has 0 fully saturated rings. The second-order valence-electron chi connectivity index (χ2n) is 3.37. The molecule has 0 aliphatic rings. The number of carbonyl (C=O) groups is 1. The van der Waals surface area contributed by atoms with Crippen LogP contribution in [0.1, 0.15) is 0 Å². The molecular formula is C11H16N2O2. The molecule has 0 radical (unpaired) electrons. The summed E-state index contributed by atoms with van der Waals surface area (Å²) in [5.74, 6) is 0.852. The minimum absolute atomic E-state index is 0.0471. The Kier molecular flexibility index (Phi) is 3.97. The van der Waals surface area contributed by atoms with Crippen LogP contribution in [0.3, 0.4) is 0 Å². The fourth-order valence-electron chi connectivity index (χ4n) is 1.04. The Bertz CT molecular complexity index is 320. The van der Waals surface area contributed by atoms with Gasteiger partial charge in [0.15, 0.2) is 0 Å². The molecule has 0 aliphatic carbocycles. The number of amides is 1. The van der Waals surface area contributed by atoms with Crippen LogP contribution >= 0.6 is 0 Å². The van der Waals surface area contributed by atoms with Crippen LogP contribution in [0, 0.1) is 0 Å². The lowest BCUT2D eigenvalue weighted by Gasteiger charge is -2.11. The highest BCUT2D eigenvalue weighted by Crippen LogP contribution is 2.14. The first-order valence-corrected chi connectivity index (χ1v) is 4.71. The van der Waals surface area contributed by atoms with E-state index in [0.29, 0.717) is 6.54 Å². The third kappa shape index (κ3) is 3.50. The van der Waals surface area contributed by atoms with Crippen LogP contribution in [0.25, 0.3) is 0 Å². The number of benzene rings is 1. The molecule has 1 aromatic rings. The lowest BCUT2D eigenvalue weighted by atomic mass is 10.3. The Balaban J connectivity index is 2.47. The highest BCUT2D eigenvalue weighted by Gasteiger charge is 2.02. The maximum atomic E-state index is 11.3. The van der Waals surface area contributed by atoms with Gasteiger partial charge >= 0.3 is 0 Å². The van der Waals surface area contributed by atoms with Crippen molar-refractivity contribution < 1.29 is 9.53 Å². The average molecular weight is 208 g/mol. The molecule has 0 bridgehead atoms. The van der Waals surface area contributed by atoms with Crippen molar-refractivity contribution in [2.45, 2.75) is 0 Å². The minimum atomic E-state index is 0.0471. The first-order valence-electron chi connectivity index (χ1n) is 4.71. The smallest absolute Gasteiger partial charge is 0.241 e. The standard InChI is InChI=1S/C11H16N2O2/c1-13(2)11(14)8-12-9-4-6-10(15-3)7-5-9/h4-7,12H,8H2,1-3H3. The van der Waals surface area contributed by atoms with E-state index in [2.05, 4.69) is 5.32 Å². The number of nitrogens with one attached hydrogen (secondary N) is 1. The number of nitrogens with zero attached hydrogens (tertiary/aromatic N) is 1. The van der Waals surface area contributed by atoms with Gasteiger partial charge in [0, 0.05) is 19.8 Å². The molecule has 4 nitrogen and oxygen atoms in total. The molecule has 0 spiro atoms. The summed E-state index contributed by atoms with van der Waals surface area (Å²) in [6.45, 7) is 0.305. The van der Waals surface area contributed by atoms with Gasteiger partial charge in [0.05, 0.1) is 13.7 Å². The predicted molar refractivity (Wildman–Crippen MR) is 60.2 cm³/mol. The van der Waals surface area contributed by atoms with Crippen LogP contribution in [0.4, 0.5) is 5.69 Å². The normalized spacial score (nSPS) is 9.53. The number of ether oxygens (including phenoxy) is 1. The average Bonchev–Trinajstić information content (AvgIpc) is 2.26. The molecule has 0 saturated heterocycles. The Labute approximate surface area is 89.8 Å². The molecule has 82 valence electrons. The van der Waals surface area contributed by atoms with E-state index in [4.69, 9.17) is 4.74 Å². The summed E-state index contributed by atoms with van der Waals surface area (Å²) >= 11 is 0. The number of rotatable bonds is 4. The van der Waals surface area contributed by atoms with Gasteiger partial charge in [-0.2, -0.15) is 0 Å². The highest BCUT2D eigenvalue weighted by atomic mass is 16.5. The number of hydrogen-bond donors (Lipinski definition) is 1. The lowest BCUT2D eigenvalue weighted by molar-refractivity contribution is -0.126. The number of hydrogen-bond acceptors (Lipinski definition) is 3. The number of carbonyl (C=O) groups excluding carboxylic acids is 1. The van der Waals surface area contributed by atoms with E-state index in [0.717, 1.165) is 11.4 Å². The summed E-state index contributed by atoms with van der Waals surface area (Å²) in [7, 11) is 5.09. The molecule has 0 aromatic heterocycles. The van der Waals surface area contributed by atoms with Gasteiger partial charge in [-0.25, -0.2) is 0 Å². The quantitative estimate of drug-likeness (QED) is 0.808. The molecule has 1 aromatic carbocycles. The van der Waals surface area contributed by atoms with Crippen molar-refractivity contribution in [1.82, 2.24) is 4.90 Å². The molecule has 1 N–H and O–H groups in total. The third-order valence-corrected chi connectivity index (χ3v) is 2.03. The van der Waals surface area contributed by atoms with Crippen molar-refractivity contribution in [2.24, 2.45) is 0 Å². The van der Waals surface area contributed by atoms with Crippen molar-refractivity contribution in [3.05, 3.63) is 24.3 Å². The summed E-state index contributed by atoms with van der Waals surface area (Å²) in [6.07, 6.45) is 0. The van der Waals surface area contributed by atoms with Crippen LogP contribution in [-0.4, -0.2) is 38.6 Å². The summed E-state index contributed by atoms with van der Waals surface area (Å²) in [5, 5.41) is 3.03. The number of methoxy groups -OCH3 is 1. The van der Waals surface area contributed by atoms with E-state index in [1.54, 1.807) is 26.1 Å². The van der Waals surface area contributed by atoms with E-state index in [-0.39, 0.29) is 5.91 Å². The van der Waals surface area contributed by atoms with Crippen molar-refractivity contribution in [3.8, 4) is 5.75 Å². The third-order valence-electron chi connectivity index (χ3n) is 2.03. The van der Waals surface area contributed by atoms with Gasteiger partial charge in [0.2, 0.25) is 5.91 Å². The van der Waals surface area contributed by atoms with Crippen molar-refractivity contribution >= 4 is 11.6 Å². The highest BCUT2D eigenvalue weighted by molar-refractivity contribution is 5.80. The molecule has 15 heavy (non-hydrogen) atoms. The molecule has 0 unspecified atom stereocenters. The maximum Gasteiger partial charge on any atom is 0.241 e. The summed E-state index contributed by atoms with van der Waals surface area (Å²) in [6, 6.07) is 7.45. The predicted octanol–water partition coefficient (Wildman–Crippen LogP) is 1.20. The first kappa shape index (κ1) is 11.4. The van der Waals surface area contributed by atoms with E-state index < -0.39 is 0 Å². The molecule has 0 aliphatic heterocycles. The molecule has 0 atom stereocenters. The fourth-order valence-corrected chi connectivity index (χ4v) is 1.04. The van der Waals surface area contributed by atoms with Crippen molar-refractivity contribution in [3.63, 3.8) is 0 Å². The van der Waals surface area contributed by atoms with Gasteiger partial charge in [-0.15, -0.1) is 0 Å². The summed E-state index contributed by atoms with van der Waals surface area (Å²) < 4.78 is 5.03. The van der Waals surface area contributed by atoms with Crippen LogP contribution < -0.4 is 10.1 Å². The zero-order chi connectivity index (χ0) is 11.3. The monoisotopic (exact) mass is 208 g/mol. The zero-order valence-electron chi connectivity index (χ0n) is 9.28. The van der Waals surface area contributed by atoms with Crippen LogP contribution in [0.5, 0.6) is 5.75 Å².